The van der Waals surface area contributed by atoms with Gasteiger partial charge in [0.05, 0.1) is 11.9 Å². The monoisotopic (exact) mass is 431 g/mol. The van der Waals surface area contributed by atoms with E-state index in [2.05, 4.69) is 36.2 Å². The Morgan fingerprint density at radius 3 is 2.43 bits per heavy atom. The number of anilines is 2. The molecule has 0 aromatic heterocycles. The van der Waals surface area contributed by atoms with Crippen molar-refractivity contribution in [3.05, 3.63) is 54.1 Å². The molecule has 0 fully saturated rings. The maximum Gasteiger partial charge on any atom is 0.261 e. The number of sulfonamides is 1. The van der Waals surface area contributed by atoms with Gasteiger partial charge in [-0.1, -0.05) is 24.3 Å². The fourth-order valence-electron chi connectivity index (χ4n) is 3.58. The largest absolute Gasteiger partial charge is 0.478 e. The molecule has 0 unspecified atom stereocenters. The summed E-state index contributed by atoms with van der Waals surface area (Å²) in [5.74, 6) is 0.136. The number of para-hydroxylation sites is 2. The zero-order valence-electron chi connectivity index (χ0n) is 17.7. The number of hydrogen-bond donors (Lipinski definition) is 1. The molecule has 2 aromatic carbocycles. The second kappa shape index (κ2) is 9.38. The third kappa shape index (κ3) is 5.05. The highest BCUT2D eigenvalue weighted by atomic mass is 32.2. The summed E-state index contributed by atoms with van der Waals surface area (Å²) in [6, 6.07) is 15.0. The number of nitrogens with zero attached hydrogens (tertiary/aromatic N) is 2. The van der Waals surface area contributed by atoms with E-state index in [4.69, 9.17) is 4.74 Å². The molecular weight excluding hydrogens is 402 g/mol. The van der Waals surface area contributed by atoms with Gasteiger partial charge < -0.3 is 15.0 Å². The van der Waals surface area contributed by atoms with Crippen molar-refractivity contribution in [2.45, 2.75) is 32.9 Å². The van der Waals surface area contributed by atoms with Crippen LogP contribution in [0.15, 0.2) is 48.5 Å². The van der Waals surface area contributed by atoms with Crippen molar-refractivity contribution in [2.75, 3.05) is 35.1 Å². The molecule has 3 rings (SSSR count). The van der Waals surface area contributed by atoms with E-state index in [9.17, 15) is 13.2 Å². The van der Waals surface area contributed by atoms with Gasteiger partial charge >= 0.3 is 0 Å². The van der Waals surface area contributed by atoms with Crippen LogP contribution < -0.4 is 19.3 Å². The van der Waals surface area contributed by atoms with Crippen LogP contribution in [0, 0.1) is 0 Å². The maximum absolute atomic E-state index is 12.7. The third-order valence-corrected chi connectivity index (χ3v) is 6.40. The molecule has 30 heavy (non-hydrogen) atoms. The van der Waals surface area contributed by atoms with Crippen LogP contribution in [0.5, 0.6) is 5.75 Å². The molecule has 0 spiro atoms. The molecule has 2 aromatic rings. The predicted molar refractivity (Wildman–Crippen MR) is 120 cm³/mol. The summed E-state index contributed by atoms with van der Waals surface area (Å²) in [4.78, 5) is 15.0. The molecule has 0 saturated heterocycles. The average Bonchev–Trinajstić information content (AvgIpc) is 2.93. The number of benzene rings is 2. The van der Waals surface area contributed by atoms with Crippen LogP contribution in [0.2, 0.25) is 0 Å². The summed E-state index contributed by atoms with van der Waals surface area (Å²) in [7, 11) is -3.47. The lowest BCUT2D eigenvalue weighted by Crippen LogP contribution is -2.39. The molecule has 0 saturated carbocycles. The molecule has 0 aliphatic carbocycles. The van der Waals surface area contributed by atoms with Crippen LogP contribution in [0.3, 0.4) is 0 Å². The maximum atomic E-state index is 12.7. The fourth-order valence-corrected chi connectivity index (χ4v) is 4.52. The van der Waals surface area contributed by atoms with Gasteiger partial charge in [-0.2, -0.15) is 0 Å². The van der Waals surface area contributed by atoms with Crippen LogP contribution >= 0.6 is 0 Å². The molecule has 1 aliphatic heterocycles. The smallest absolute Gasteiger partial charge is 0.261 e. The Balaban J connectivity index is 1.66. The summed E-state index contributed by atoms with van der Waals surface area (Å²) in [5.41, 5.74) is 2.60. The lowest BCUT2D eigenvalue weighted by Gasteiger charge is -2.21. The summed E-state index contributed by atoms with van der Waals surface area (Å²) in [5, 5.41) is 2.91. The molecule has 1 atom stereocenters. The van der Waals surface area contributed by atoms with Crippen molar-refractivity contribution in [2.24, 2.45) is 0 Å². The van der Waals surface area contributed by atoms with Crippen LogP contribution in [0.25, 0.3) is 0 Å². The molecule has 7 nitrogen and oxygen atoms in total. The van der Waals surface area contributed by atoms with Crippen molar-refractivity contribution >= 4 is 27.3 Å². The molecule has 162 valence electrons. The first-order valence-electron chi connectivity index (χ1n) is 10.2. The number of ether oxygens (including phenoxy) is 1. The van der Waals surface area contributed by atoms with Gasteiger partial charge in [0.25, 0.3) is 5.91 Å². The quantitative estimate of drug-likeness (QED) is 0.729. The van der Waals surface area contributed by atoms with Crippen molar-refractivity contribution in [1.29, 1.82) is 0 Å². The highest BCUT2D eigenvalue weighted by Gasteiger charge is 2.30. The second-order valence-corrected chi connectivity index (χ2v) is 9.16. The van der Waals surface area contributed by atoms with Gasteiger partial charge in [0.15, 0.2) is 6.10 Å². The molecule has 1 aliphatic rings. The Kier molecular flexibility index (Phi) is 6.87. The van der Waals surface area contributed by atoms with E-state index in [1.165, 1.54) is 4.31 Å². The highest BCUT2D eigenvalue weighted by Crippen LogP contribution is 2.33. The van der Waals surface area contributed by atoms with Crippen LogP contribution in [-0.2, 0) is 21.4 Å². The highest BCUT2D eigenvalue weighted by molar-refractivity contribution is 7.92. The SMILES string of the molecule is CCN(CC)c1ccc(CNC(=O)[C@H]2CCN(S(C)(=O)=O)c3ccccc3O2)cc1. The number of hydrogen-bond acceptors (Lipinski definition) is 5. The first-order chi connectivity index (χ1) is 14.3. The minimum Gasteiger partial charge on any atom is -0.478 e. The van der Waals surface area contributed by atoms with E-state index in [1.807, 2.05) is 12.1 Å². The first-order valence-corrected chi connectivity index (χ1v) is 12.0. The van der Waals surface area contributed by atoms with Gasteiger partial charge in [-0.3, -0.25) is 9.10 Å². The van der Waals surface area contributed by atoms with Gasteiger partial charge in [-0.05, 0) is 43.7 Å². The molecule has 0 radical (unpaired) electrons. The summed E-state index contributed by atoms with van der Waals surface area (Å²) >= 11 is 0. The van der Waals surface area contributed by atoms with E-state index in [0.717, 1.165) is 30.6 Å². The fraction of sp³-hybridized carbons (Fsp3) is 0.409. The first kappa shape index (κ1) is 22.0. The number of nitrogens with one attached hydrogen (secondary N) is 1. The Hall–Kier alpha value is -2.74. The van der Waals surface area contributed by atoms with Gasteiger partial charge in [-0.25, -0.2) is 8.42 Å². The zero-order chi connectivity index (χ0) is 21.7. The molecule has 1 heterocycles. The normalized spacial score (nSPS) is 16.2. The molecular formula is C22H29N3O4S. The molecule has 1 amide bonds. The predicted octanol–water partition coefficient (Wildman–Crippen LogP) is 2.77. The number of carbonyl (C=O) groups excluding carboxylic acids is 1. The Labute approximate surface area is 178 Å². The Bertz CT molecular complexity index is 972. The van der Waals surface area contributed by atoms with Crippen molar-refractivity contribution in [3.63, 3.8) is 0 Å². The van der Waals surface area contributed by atoms with Crippen molar-refractivity contribution < 1.29 is 17.9 Å². The second-order valence-electron chi connectivity index (χ2n) is 7.25. The molecule has 8 heteroatoms. The van der Waals surface area contributed by atoms with E-state index >= 15 is 0 Å². The van der Waals surface area contributed by atoms with Gasteiger partial charge in [-0.15, -0.1) is 0 Å². The standard InChI is InChI=1S/C22H29N3O4S/c1-4-24(5-2)18-12-10-17(11-13-18)16-23-22(26)21-14-15-25(30(3,27)28)19-8-6-7-9-20(19)29-21/h6-13,21H,4-5,14-16H2,1-3H3,(H,23,26)/t21-/m1/s1. The van der Waals surface area contributed by atoms with Crippen molar-refractivity contribution in [3.8, 4) is 5.75 Å². The molecule has 0 bridgehead atoms. The lowest BCUT2D eigenvalue weighted by molar-refractivity contribution is -0.128. The van der Waals surface area contributed by atoms with Crippen molar-refractivity contribution in [1.82, 2.24) is 5.32 Å². The summed E-state index contributed by atoms with van der Waals surface area (Å²) in [6.45, 7) is 6.69. The van der Waals surface area contributed by atoms with E-state index in [-0.39, 0.29) is 18.9 Å². The third-order valence-electron chi connectivity index (χ3n) is 5.22. The zero-order valence-corrected chi connectivity index (χ0v) is 18.5. The van der Waals surface area contributed by atoms with Gasteiger partial charge in [0.1, 0.15) is 5.75 Å². The van der Waals surface area contributed by atoms with Crippen LogP contribution in [0.4, 0.5) is 11.4 Å². The number of fused-ring (bicyclic) bond motifs is 1. The van der Waals surface area contributed by atoms with E-state index in [1.54, 1.807) is 24.3 Å². The Morgan fingerprint density at radius 2 is 1.80 bits per heavy atom. The Morgan fingerprint density at radius 1 is 1.13 bits per heavy atom. The minimum atomic E-state index is -3.47. The molecule has 1 N–H and O–H groups in total. The number of carbonyl (C=O) groups is 1. The van der Waals surface area contributed by atoms with Gasteiger partial charge in [0, 0.05) is 38.3 Å². The summed E-state index contributed by atoms with van der Waals surface area (Å²) in [6.07, 6.45) is 0.674. The lowest BCUT2D eigenvalue weighted by atomic mass is 10.1. The minimum absolute atomic E-state index is 0.187. The number of rotatable bonds is 7. The summed E-state index contributed by atoms with van der Waals surface area (Å²) < 4.78 is 31.5. The van der Waals surface area contributed by atoms with E-state index < -0.39 is 16.1 Å². The van der Waals surface area contributed by atoms with Crippen LogP contribution in [0.1, 0.15) is 25.8 Å². The topological polar surface area (TPSA) is 79.0 Å². The number of amides is 1. The average molecular weight is 432 g/mol. The van der Waals surface area contributed by atoms with Crippen LogP contribution in [-0.4, -0.2) is 46.3 Å². The van der Waals surface area contributed by atoms with Gasteiger partial charge in [0.2, 0.25) is 10.0 Å². The van der Waals surface area contributed by atoms with E-state index in [0.29, 0.717) is 18.0 Å².